The number of ether oxygens (including phenoxy) is 1. The lowest BCUT2D eigenvalue weighted by Gasteiger charge is -2.32. The lowest BCUT2D eigenvalue weighted by Crippen LogP contribution is -2.42. The van der Waals surface area contributed by atoms with Crippen LogP contribution in [0.2, 0.25) is 0 Å². The highest BCUT2D eigenvalue weighted by atomic mass is 16.5. The zero-order valence-electron chi connectivity index (χ0n) is 15.3. The summed E-state index contributed by atoms with van der Waals surface area (Å²) in [5.41, 5.74) is 6.04. The van der Waals surface area contributed by atoms with Crippen molar-refractivity contribution in [3.63, 3.8) is 0 Å². The molecule has 1 heterocycles. The summed E-state index contributed by atoms with van der Waals surface area (Å²) in [4.78, 5) is 24.5. The van der Waals surface area contributed by atoms with Crippen molar-refractivity contribution in [3.05, 3.63) is 48.0 Å². The predicted octanol–water partition coefficient (Wildman–Crippen LogP) is 1.03. The zero-order chi connectivity index (χ0) is 19.5. The second-order valence-corrected chi connectivity index (χ2v) is 6.44. The van der Waals surface area contributed by atoms with Crippen LogP contribution >= 0.6 is 0 Å². The highest BCUT2D eigenvalue weighted by molar-refractivity contribution is 5.78. The summed E-state index contributed by atoms with van der Waals surface area (Å²) in [7, 11) is 0. The molecule has 6 heteroatoms. The van der Waals surface area contributed by atoms with E-state index < -0.39 is 12.0 Å². The molecule has 0 aromatic heterocycles. The van der Waals surface area contributed by atoms with Gasteiger partial charge in [0.15, 0.2) is 0 Å². The zero-order valence-corrected chi connectivity index (χ0v) is 15.3. The number of likely N-dealkylation sites (tertiary alicyclic amines) is 1. The van der Waals surface area contributed by atoms with Crippen LogP contribution in [0, 0.1) is 11.8 Å². The molecule has 0 bridgehead atoms. The normalized spacial score (nSPS) is 18.2. The Bertz CT molecular complexity index is 706. The number of amides is 2. The maximum Gasteiger partial charge on any atom is 0.243 e. The first-order valence-electron chi connectivity index (χ1n) is 9.08. The van der Waals surface area contributed by atoms with Crippen LogP contribution in [0.4, 0.5) is 0 Å². The number of carbonyl (C=O) groups is 2. The number of piperidine rings is 1. The predicted molar refractivity (Wildman–Crippen MR) is 102 cm³/mol. The van der Waals surface area contributed by atoms with Crippen molar-refractivity contribution in [2.45, 2.75) is 37.8 Å². The quantitative estimate of drug-likeness (QED) is 0.406. The molecule has 1 saturated heterocycles. The summed E-state index contributed by atoms with van der Waals surface area (Å²) in [6, 6.07) is 9.71. The minimum absolute atomic E-state index is 0.0563. The van der Waals surface area contributed by atoms with Gasteiger partial charge in [-0.2, -0.15) is 0 Å². The number of aliphatic hydroxyl groups is 1. The van der Waals surface area contributed by atoms with Crippen LogP contribution in [0.3, 0.4) is 0 Å². The summed E-state index contributed by atoms with van der Waals surface area (Å²) in [6.45, 7) is 0.228. The third kappa shape index (κ3) is 7.65. The van der Waals surface area contributed by atoms with Gasteiger partial charge in [-0.15, -0.1) is 0 Å². The van der Waals surface area contributed by atoms with Gasteiger partial charge in [-0.05, 0) is 18.4 Å². The molecular formula is C21H26N2O4. The molecule has 2 atom stereocenters. The van der Waals surface area contributed by atoms with E-state index in [2.05, 4.69) is 11.8 Å². The lowest BCUT2D eigenvalue weighted by molar-refractivity contribution is -0.134. The number of carbonyl (C=O) groups excluding carboxylic acids is 2. The molecule has 144 valence electrons. The van der Waals surface area contributed by atoms with Gasteiger partial charge in [-0.25, -0.2) is 0 Å². The second kappa shape index (κ2) is 11.2. The van der Waals surface area contributed by atoms with Gasteiger partial charge in [-0.3, -0.25) is 9.59 Å². The fraction of sp³-hybridized carbons (Fsp3) is 0.429. The Labute approximate surface area is 160 Å². The molecule has 1 unspecified atom stereocenters. The summed E-state index contributed by atoms with van der Waals surface area (Å²) in [6.07, 6.45) is 5.78. The van der Waals surface area contributed by atoms with Gasteiger partial charge in [-0.1, -0.05) is 54.3 Å². The number of nitrogens with zero attached hydrogens (tertiary/aromatic N) is 1. The summed E-state index contributed by atoms with van der Waals surface area (Å²) in [5, 5.41) is 10.2. The first kappa shape index (κ1) is 20.7. The van der Waals surface area contributed by atoms with E-state index in [1.807, 2.05) is 36.4 Å². The molecule has 1 aromatic rings. The molecule has 0 aliphatic carbocycles. The monoisotopic (exact) mass is 370 g/mol. The van der Waals surface area contributed by atoms with Crippen molar-refractivity contribution < 1.29 is 19.4 Å². The molecule has 0 radical (unpaired) electrons. The first-order valence-corrected chi connectivity index (χ1v) is 9.08. The standard InChI is InChI=1S/C21H26N2O4/c22-20(25)16-27-14-5-4-13-23-18(9-6-10-21(23)26)11-12-19(24)15-17-7-2-1-3-8-17/h1-3,7-8,11-12,18-19,24H,6,9-10,13-16H2,(H2,22,25)/b12-11+/t18?,19-/m0/s1. The van der Waals surface area contributed by atoms with Gasteiger partial charge in [0.25, 0.3) is 0 Å². The van der Waals surface area contributed by atoms with Crippen molar-refractivity contribution in [2.75, 3.05) is 19.8 Å². The summed E-state index contributed by atoms with van der Waals surface area (Å²) < 4.78 is 4.98. The van der Waals surface area contributed by atoms with E-state index in [0.29, 0.717) is 19.4 Å². The topological polar surface area (TPSA) is 92.9 Å². The van der Waals surface area contributed by atoms with Crippen molar-refractivity contribution in [1.82, 2.24) is 4.90 Å². The lowest BCUT2D eigenvalue weighted by atomic mass is 9.99. The van der Waals surface area contributed by atoms with Gasteiger partial charge >= 0.3 is 0 Å². The number of nitrogens with two attached hydrogens (primary N) is 1. The smallest absolute Gasteiger partial charge is 0.243 e. The van der Waals surface area contributed by atoms with Crippen molar-refractivity contribution >= 4 is 11.8 Å². The molecule has 1 aromatic carbocycles. The third-order valence-electron chi connectivity index (χ3n) is 4.25. The molecule has 2 amide bonds. The van der Waals surface area contributed by atoms with Crippen molar-refractivity contribution in [2.24, 2.45) is 5.73 Å². The highest BCUT2D eigenvalue weighted by Crippen LogP contribution is 2.19. The van der Waals surface area contributed by atoms with Crippen LogP contribution in [0.25, 0.3) is 0 Å². The van der Waals surface area contributed by atoms with E-state index in [1.165, 1.54) is 0 Å². The fourth-order valence-electron chi connectivity index (χ4n) is 2.93. The molecule has 1 aliphatic rings. The minimum atomic E-state index is -0.598. The number of rotatable bonds is 8. The average Bonchev–Trinajstić information content (AvgIpc) is 2.65. The molecule has 2 rings (SSSR count). The van der Waals surface area contributed by atoms with E-state index in [-0.39, 0.29) is 25.2 Å². The molecule has 27 heavy (non-hydrogen) atoms. The average molecular weight is 370 g/mol. The maximum absolute atomic E-state index is 12.2. The maximum atomic E-state index is 12.2. The van der Waals surface area contributed by atoms with Crippen LogP contribution in [0.15, 0.2) is 42.5 Å². The summed E-state index contributed by atoms with van der Waals surface area (Å²) >= 11 is 0. The van der Waals surface area contributed by atoms with Gasteiger partial charge in [0.05, 0.1) is 18.7 Å². The van der Waals surface area contributed by atoms with E-state index in [1.54, 1.807) is 11.0 Å². The third-order valence-corrected chi connectivity index (χ3v) is 4.25. The van der Waals surface area contributed by atoms with E-state index >= 15 is 0 Å². The van der Waals surface area contributed by atoms with Gasteiger partial charge in [0, 0.05) is 12.8 Å². The van der Waals surface area contributed by atoms with E-state index in [4.69, 9.17) is 10.5 Å². The summed E-state index contributed by atoms with van der Waals surface area (Å²) in [5.74, 6) is 5.19. The number of hydrogen-bond acceptors (Lipinski definition) is 4. The Balaban J connectivity index is 1.87. The minimum Gasteiger partial charge on any atom is -0.389 e. The van der Waals surface area contributed by atoms with Crippen molar-refractivity contribution in [3.8, 4) is 11.8 Å². The van der Waals surface area contributed by atoms with Gasteiger partial charge in [0.2, 0.25) is 11.8 Å². The van der Waals surface area contributed by atoms with Gasteiger partial charge in [0.1, 0.15) is 13.2 Å². The molecule has 3 N–H and O–H groups in total. The second-order valence-electron chi connectivity index (χ2n) is 6.44. The number of hydrogen-bond donors (Lipinski definition) is 2. The van der Waals surface area contributed by atoms with Crippen LogP contribution < -0.4 is 5.73 Å². The largest absolute Gasteiger partial charge is 0.389 e. The molecule has 1 fully saturated rings. The van der Waals surface area contributed by atoms with E-state index in [9.17, 15) is 14.7 Å². The van der Waals surface area contributed by atoms with Gasteiger partial charge < -0.3 is 20.5 Å². The van der Waals surface area contributed by atoms with Crippen LogP contribution in [0.5, 0.6) is 0 Å². The van der Waals surface area contributed by atoms with Crippen LogP contribution in [-0.2, 0) is 20.7 Å². The molecule has 1 aliphatic heterocycles. The number of benzene rings is 1. The van der Waals surface area contributed by atoms with Crippen LogP contribution in [-0.4, -0.2) is 53.7 Å². The molecule has 0 saturated carbocycles. The Hall–Kier alpha value is -2.62. The van der Waals surface area contributed by atoms with Crippen molar-refractivity contribution in [1.29, 1.82) is 0 Å². The van der Waals surface area contributed by atoms with E-state index in [0.717, 1.165) is 18.4 Å². The highest BCUT2D eigenvalue weighted by Gasteiger charge is 2.25. The molecule has 0 spiro atoms. The molecular weight excluding hydrogens is 344 g/mol. The number of aliphatic hydroxyl groups excluding tert-OH is 1. The molecule has 6 nitrogen and oxygen atoms in total. The Morgan fingerprint density at radius 1 is 1.37 bits per heavy atom. The Morgan fingerprint density at radius 3 is 2.89 bits per heavy atom. The fourth-order valence-corrected chi connectivity index (χ4v) is 2.93. The number of primary amides is 1. The SMILES string of the molecule is NC(=O)COCC#CCN1C(=O)CCCC1/C=C/[C@H](O)Cc1ccccc1. The Morgan fingerprint density at radius 2 is 2.15 bits per heavy atom. The van der Waals surface area contributed by atoms with Crippen LogP contribution in [0.1, 0.15) is 24.8 Å². The Kier molecular flexibility index (Phi) is 8.56. The first-order chi connectivity index (χ1) is 13.1.